The van der Waals surface area contributed by atoms with Crippen molar-refractivity contribution in [2.75, 3.05) is 11.9 Å². The van der Waals surface area contributed by atoms with Gasteiger partial charge in [-0.05, 0) is 24.6 Å². The predicted octanol–water partition coefficient (Wildman–Crippen LogP) is 3.90. The number of halogens is 1. The van der Waals surface area contributed by atoms with Gasteiger partial charge in [-0.25, -0.2) is 0 Å². The van der Waals surface area contributed by atoms with Gasteiger partial charge in [-0.1, -0.05) is 36.7 Å². The number of aliphatic imine (C=N–C) groups is 1. The minimum Gasteiger partial charge on any atom is -0.334 e. The summed E-state index contributed by atoms with van der Waals surface area (Å²) in [6.07, 6.45) is 2.36. The summed E-state index contributed by atoms with van der Waals surface area (Å²) in [5, 5.41) is 14.0. The molecule has 1 aromatic rings. The molecule has 1 aromatic carbocycles. The second-order valence-corrected chi connectivity index (χ2v) is 5.80. The lowest BCUT2D eigenvalue weighted by Crippen LogP contribution is -2.07. The number of benzene rings is 1. The van der Waals surface area contributed by atoms with Crippen LogP contribution in [0, 0.1) is 11.3 Å². The van der Waals surface area contributed by atoms with Gasteiger partial charge in [-0.2, -0.15) is 5.26 Å². The van der Waals surface area contributed by atoms with E-state index in [1.807, 2.05) is 6.07 Å². The number of hydrogen-bond acceptors (Lipinski definition) is 4. The van der Waals surface area contributed by atoms with Gasteiger partial charge in [-0.15, -0.1) is 0 Å². The third-order valence-corrected chi connectivity index (χ3v) is 4.15. The zero-order valence-electron chi connectivity index (χ0n) is 10.1. The Hall–Kier alpha value is -1.18. The molecule has 0 aromatic heterocycles. The number of hydrogen-bond donors (Lipinski definition) is 1. The molecular formula is C13H14ClN3S. The zero-order chi connectivity index (χ0) is 13.0. The van der Waals surface area contributed by atoms with Crippen molar-refractivity contribution in [3.05, 3.63) is 28.8 Å². The van der Waals surface area contributed by atoms with Crippen LogP contribution in [0.15, 0.2) is 23.2 Å². The number of rotatable bonds is 3. The second-order valence-electron chi connectivity index (χ2n) is 4.11. The van der Waals surface area contributed by atoms with E-state index in [0.29, 0.717) is 15.8 Å². The van der Waals surface area contributed by atoms with Gasteiger partial charge in [0, 0.05) is 5.25 Å². The molecule has 2 rings (SSSR count). The van der Waals surface area contributed by atoms with Crippen LogP contribution in [0.4, 0.5) is 5.69 Å². The van der Waals surface area contributed by atoms with Crippen LogP contribution in [0.1, 0.15) is 25.3 Å². The van der Waals surface area contributed by atoms with E-state index in [9.17, 15) is 0 Å². The average Bonchev–Trinajstić information content (AvgIpc) is 2.80. The van der Waals surface area contributed by atoms with E-state index in [4.69, 9.17) is 16.9 Å². The molecule has 0 fully saturated rings. The molecule has 0 saturated heterocycles. The fourth-order valence-electron chi connectivity index (χ4n) is 1.76. The molecule has 1 N–H and O–H groups in total. The van der Waals surface area contributed by atoms with Crippen LogP contribution in [0.5, 0.6) is 0 Å². The summed E-state index contributed by atoms with van der Waals surface area (Å²) in [7, 11) is 0. The normalized spacial score (nSPS) is 18.3. The van der Waals surface area contributed by atoms with Crippen molar-refractivity contribution >= 4 is 34.2 Å². The SMILES string of the molecule is CCCC1CN=C(Nc2ccc(C#N)cc2Cl)S1. The van der Waals surface area contributed by atoms with Crippen molar-refractivity contribution in [1.82, 2.24) is 0 Å². The van der Waals surface area contributed by atoms with Crippen LogP contribution in [0.2, 0.25) is 5.02 Å². The standard InChI is InChI=1S/C13H14ClN3S/c1-2-3-10-8-16-13(18-10)17-12-5-4-9(7-15)6-11(12)14/h4-6,10H,2-3,8H2,1H3,(H,16,17). The third-order valence-electron chi connectivity index (χ3n) is 2.67. The Bertz CT molecular complexity index is 507. The lowest BCUT2D eigenvalue weighted by molar-refractivity contribution is 0.754. The minimum atomic E-state index is 0.552. The maximum Gasteiger partial charge on any atom is 0.161 e. The Morgan fingerprint density at radius 2 is 2.44 bits per heavy atom. The molecule has 5 heteroatoms. The average molecular weight is 280 g/mol. The van der Waals surface area contributed by atoms with E-state index in [-0.39, 0.29) is 0 Å². The number of amidine groups is 1. The van der Waals surface area contributed by atoms with Gasteiger partial charge in [0.05, 0.1) is 28.9 Å². The Labute approximate surface area is 116 Å². The molecule has 0 amide bonds. The van der Waals surface area contributed by atoms with Crippen LogP contribution < -0.4 is 5.32 Å². The lowest BCUT2D eigenvalue weighted by atomic mass is 10.2. The lowest BCUT2D eigenvalue weighted by Gasteiger charge is -2.09. The highest BCUT2D eigenvalue weighted by Crippen LogP contribution is 2.29. The van der Waals surface area contributed by atoms with Crippen molar-refractivity contribution in [3.63, 3.8) is 0 Å². The summed E-state index contributed by atoms with van der Waals surface area (Å²) < 4.78 is 0. The monoisotopic (exact) mass is 279 g/mol. The number of thioether (sulfide) groups is 1. The van der Waals surface area contributed by atoms with Gasteiger partial charge < -0.3 is 5.32 Å². The van der Waals surface area contributed by atoms with Gasteiger partial charge in [-0.3, -0.25) is 4.99 Å². The molecule has 18 heavy (non-hydrogen) atoms. The first-order chi connectivity index (χ1) is 8.72. The number of anilines is 1. The third kappa shape index (κ3) is 3.18. The molecule has 0 spiro atoms. The van der Waals surface area contributed by atoms with E-state index >= 15 is 0 Å². The van der Waals surface area contributed by atoms with Crippen LogP contribution >= 0.6 is 23.4 Å². The van der Waals surface area contributed by atoms with E-state index in [1.165, 1.54) is 12.8 Å². The Kier molecular flexibility index (Phi) is 4.51. The smallest absolute Gasteiger partial charge is 0.161 e. The minimum absolute atomic E-state index is 0.552. The highest BCUT2D eigenvalue weighted by atomic mass is 35.5. The van der Waals surface area contributed by atoms with Gasteiger partial charge in [0.1, 0.15) is 0 Å². The molecule has 0 radical (unpaired) electrons. The first-order valence-corrected chi connectivity index (χ1v) is 7.16. The Morgan fingerprint density at radius 3 is 3.11 bits per heavy atom. The second kappa shape index (κ2) is 6.12. The van der Waals surface area contributed by atoms with Gasteiger partial charge in [0.25, 0.3) is 0 Å². The molecule has 1 aliphatic heterocycles. The summed E-state index contributed by atoms with van der Waals surface area (Å²) in [4.78, 5) is 4.46. The first-order valence-electron chi connectivity index (χ1n) is 5.90. The molecule has 1 aliphatic rings. The number of nitriles is 1. The van der Waals surface area contributed by atoms with Crippen LogP contribution in [-0.2, 0) is 0 Å². The van der Waals surface area contributed by atoms with Gasteiger partial charge in [0.2, 0.25) is 0 Å². The maximum atomic E-state index is 8.77. The number of nitrogens with zero attached hydrogens (tertiary/aromatic N) is 2. The molecule has 3 nitrogen and oxygen atoms in total. The van der Waals surface area contributed by atoms with E-state index in [2.05, 4.69) is 23.3 Å². The quantitative estimate of drug-likeness (QED) is 0.913. The Morgan fingerprint density at radius 1 is 1.61 bits per heavy atom. The highest BCUT2D eigenvalue weighted by Gasteiger charge is 2.19. The van der Waals surface area contributed by atoms with Gasteiger partial charge >= 0.3 is 0 Å². The summed E-state index contributed by atoms with van der Waals surface area (Å²) in [5.74, 6) is 0. The van der Waals surface area contributed by atoms with Crippen LogP contribution in [0.25, 0.3) is 0 Å². The molecule has 0 bridgehead atoms. The van der Waals surface area contributed by atoms with E-state index in [1.54, 1.807) is 23.9 Å². The highest BCUT2D eigenvalue weighted by molar-refractivity contribution is 8.15. The molecule has 1 heterocycles. The van der Waals surface area contributed by atoms with Crippen LogP contribution in [0.3, 0.4) is 0 Å². The van der Waals surface area contributed by atoms with E-state index < -0.39 is 0 Å². The largest absolute Gasteiger partial charge is 0.334 e. The van der Waals surface area contributed by atoms with Crippen molar-refractivity contribution in [2.45, 2.75) is 25.0 Å². The molecule has 0 aliphatic carbocycles. The Balaban J connectivity index is 2.01. The summed E-state index contributed by atoms with van der Waals surface area (Å²) in [6, 6.07) is 7.29. The molecule has 94 valence electrons. The molecule has 0 saturated carbocycles. The summed E-state index contributed by atoms with van der Waals surface area (Å²) in [5.41, 5.74) is 1.37. The summed E-state index contributed by atoms with van der Waals surface area (Å²) in [6.45, 7) is 3.05. The van der Waals surface area contributed by atoms with Crippen molar-refractivity contribution in [2.24, 2.45) is 4.99 Å². The van der Waals surface area contributed by atoms with Crippen LogP contribution in [-0.4, -0.2) is 17.0 Å². The predicted molar refractivity (Wildman–Crippen MR) is 78.4 cm³/mol. The first kappa shape index (κ1) is 13.3. The fraction of sp³-hybridized carbons (Fsp3) is 0.385. The van der Waals surface area contributed by atoms with Gasteiger partial charge in [0.15, 0.2) is 5.17 Å². The summed E-state index contributed by atoms with van der Waals surface area (Å²) >= 11 is 7.87. The molecular weight excluding hydrogens is 266 g/mol. The van der Waals surface area contributed by atoms with Crippen molar-refractivity contribution in [3.8, 4) is 6.07 Å². The van der Waals surface area contributed by atoms with E-state index in [0.717, 1.165) is 17.4 Å². The molecule has 1 unspecified atom stereocenters. The number of nitrogens with one attached hydrogen (secondary N) is 1. The fourth-order valence-corrected chi connectivity index (χ4v) is 3.12. The van der Waals surface area contributed by atoms with Crippen molar-refractivity contribution in [1.29, 1.82) is 5.26 Å². The topological polar surface area (TPSA) is 48.2 Å². The maximum absolute atomic E-state index is 8.77. The van der Waals surface area contributed by atoms with Crippen molar-refractivity contribution < 1.29 is 0 Å². The zero-order valence-corrected chi connectivity index (χ0v) is 11.7. The molecule has 1 atom stereocenters.